The minimum Gasteiger partial charge on any atom is -0.344 e. The van der Waals surface area contributed by atoms with Crippen LogP contribution in [0, 0.1) is 0 Å². The zero-order valence-electron chi connectivity index (χ0n) is 29.1. The Hall–Kier alpha value is -6.64. The molecule has 0 N–H and O–H groups in total. The predicted molar refractivity (Wildman–Crippen MR) is 222 cm³/mol. The summed E-state index contributed by atoms with van der Waals surface area (Å²) in [4.78, 5) is 4.77. The van der Waals surface area contributed by atoms with E-state index in [2.05, 4.69) is 194 Å². The van der Waals surface area contributed by atoms with Gasteiger partial charge in [-0.15, -0.1) is 0 Å². The van der Waals surface area contributed by atoms with E-state index >= 15 is 0 Å². The van der Waals surface area contributed by atoms with Crippen molar-refractivity contribution in [2.24, 2.45) is 0 Å². The molecule has 2 aliphatic rings. The molecule has 0 atom stereocenters. The third-order valence-corrected chi connectivity index (χ3v) is 11.5. The Labute approximate surface area is 303 Å². The molecule has 2 nitrogen and oxygen atoms in total. The first-order valence-corrected chi connectivity index (χ1v) is 18.0. The van der Waals surface area contributed by atoms with Crippen LogP contribution in [-0.2, 0) is 0 Å². The highest BCUT2D eigenvalue weighted by Gasteiger charge is 2.30. The normalized spacial score (nSPS) is 12.7. The van der Waals surface area contributed by atoms with Gasteiger partial charge in [-0.3, -0.25) is 0 Å². The second-order valence-corrected chi connectivity index (χ2v) is 14.3. The third-order valence-electron chi connectivity index (χ3n) is 11.5. The Morgan fingerprint density at radius 1 is 0.288 bits per heavy atom. The molecule has 11 rings (SSSR count). The van der Waals surface area contributed by atoms with Gasteiger partial charge in [-0.1, -0.05) is 140 Å². The van der Waals surface area contributed by atoms with E-state index in [1.165, 1.54) is 111 Å². The molecule has 52 heavy (non-hydrogen) atoms. The van der Waals surface area contributed by atoms with Gasteiger partial charge in [0, 0.05) is 58.7 Å². The Morgan fingerprint density at radius 2 is 0.769 bits per heavy atom. The van der Waals surface area contributed by atoms with Crippen molar-refractivity contribution in [2.75, 3.05) is 23.9 Å². The first-order valence-electron chi connectivity index (χ1n) is 18.0. The van der Waals surface area contributed by atoms with Crippen LogP contribution in [0.4, 0.5) is 22.7 Å². The number of fused-ring (bicyclic) bond motifs is 6. The van der Waals surface area contributed by atoms with Crippen LogP contribution in [0.5, 0.6) is 0 Å². The molecule has 0 aliphatic carbocycles. The van der Waals surface area contributed by atoms with Gasteiger partial charge in [0.2, 0.25) is 0 Å². The largest absolute Gasteiger partial charge is 0.344 e. The van der Waals surface area contributed by atoms with Crippen LogP contribution in [0.3, 0.4) is 0 Å². The highest BCUT2D eigenvalue weighted by molar-refractivity contribution is 6.23. The summed E-state index contributed by atoms with van der Waals surface area (Å²) in [6, 6.07) is 62.9. The lowest BCUT2D eigenvalue weighted by Crippen LogP contribution is -2.19. The predicted octanol–water partition coefficient (Wildman–Crippen LogP) is 13.6. The lowest BCUT2D eigenvalue weighted by molar-refractivity contribution is 1.19. The summed E-state index contributed by atoms with van der Waals surface area (Å²) >= 11 is 0. The summed E-state index contributed by atoms with van der Waals surface area (Å²) in [5.74, 6) is 0. The number of rotatable bonds is 3. The van der Waals surface area contributed by atoms with Crippen molar-refractivity contribution < 1.29 is 0 Å². The van der Waals surface area contributed by atoms with Crippen LogP contribution in [0.1, 0.15) is 0 Å². The van der Waals surface area contributed by atoms with Gasteiger partial charge in [-0.2, -0.15) is 0 Å². The van der Waals surface area contributed by atoms with Crippen LogP contribution >= 0.6 is 0 Å². The van der Waals surface area contributed by atoms with Crippen LogP contribution in [0.2, 0.25) is 0 Å². The van der Waals surface area contributed by atoms with E-state index in [0.717, 1.165) is 0 Å². The molecule has 0 radical (unpaired) electrons. The molecule has 0 amide bonds. The Kier molecular flexibility index (Phi) is 6.12. The molecule has 244 valence electrons. The SMILES string of the molecule is CN1c2cc(-c3ccc(-c4cccc5ccccc45)cc3)ccc2-c2ccc3c4c(ccc1c24)N(C)c1cc(-c2ccc4ccccc4c2)ccc1-3. The fourth-order valence-electron chi connectivity index (χ4n) is 8.85. The molecule has 9 aromatic carbocycles. The van der Waals surface area contributed by atoms with E-state index in [-0.39, 0.29) is 0 Å². The lowest BCUT2D eigenvalue weighted by Gasteiger charge is -2.36. The molecule has 9 aromatic rings. The van der Waals surface area contributed by atoms with Gasteiger partial charge in [0.05, 0.1) is 0 Å². The zero-order valence-corrected chi connectivity index (χ0v) is 29.1. The van der Waals surface area contributed by atoms with Crippen molar-refractivity contribution >= 4 is 55.1 Å². The molecule has 0 bridgehead atoms. The Balaban J connectivity index is 0.987. The second-order valence-electron chi connectivity index (χ2n) is 14.3. The monoisotopic (exact) mass is 662 g/mol. The molecule has 0 saturated heterocycles. The molecule has 2 heterocycles. The Bertz CT molecular complexity index is 2930. The molecule has 0 aromatic heterocycles. The fraction of sp³-hybridized carbons (Fsp3) is 0.0400. The van der Waals surface area contributed by atoms with Crippen molar-refractivity contribution in [1.82, 2.24) is 0 Å². The van der Waals surface area contributed by atoms with Crippen LogP contribution in [-0.4, -0.2) is 14.1 Å². The summed E-state index contributed by atoms with van der Waals surface area (Å²) in [5.41, 5.74) is 17.5. The van der Waals surface area contributed by atoms with E-state index in [0.29, 0.717) is 0 Å². The second kappa shape index (κ2) is 10.9. The lowest BCUT2D eigenvalue weighted by atomic mass is 9.83. The van der Waals surface area contributed by atoms with Gasteiger partial charge in [0.1, 0.15) is 0 Å². The van der Waals surface area contributed by atoms with Crippen LogP contribution in [0.25, 0.3) is 88.0 Å². The third kappa shape index (κ3) is 4.18. The van der Waals surface area contributed by atoms with Gasteiger partial charge >= 0.3 is 0 Å². The summed E-state index contributed by atoms with van der Waals surface area (Å²) in [6.45, 7) is 0. The summed E-state index contributed by atoms with van der Waals surface area (Å²) in [5, 5.41) is 7.74. The van der Waals surface area contributed by atoms with Crippen LogP contribution in [0.15, 0.2) is 170 Å². The van der Waals surface area contributed by atoms with E-state index in [1.54, 1.807) is 0 Å². The molecule has 0 spiro atoms. The number of hydrogen-bond donors (Lipinski definition) is 0. The summed E-state index contributed by atoms with van der Waals surface area (Å²) in [7, 11) is 4.43. The molecule has 0 unspecified atom stereocenters. The fourth-order valence-corrected chi connectivity index (χ4v) is 8.85. The van der Waals surface area contributed by atoms with E-state index in [1.807, 2.05) is 0 Å². The van der Waals surface area contributed by atoms with Crippen molar-refractivity contribution in [2.45, 2.75) is 0 Å². The quantitative estimate of drug-likeness (QED) is 0.186. The van der Waals surface area contributed by atoms with Gasteiger partial charge in [-0.05, 0) is 96.4 Å². The van der Waals surface area contributed by atoms with Crippen molar-refractivity contribution in [3.63, 3.8) is 0 Å². The molecule has 0 fully saturated rings. The highest BCUT2D eigenvalue weighted by Crippen LogP contribution is 2.56. The highest BCUT2D eigenvalue weighted by atomic mass is 15.1. The van der Waals surface area contributed by atoms with Crippen molar-refractivity contribution in [1.29, 1.82) is 0 Å². The minimum atomic E-state index is 1.22. The first kappa shape index (κ1) is 29.1. The number of anilines is 4. The molecule has 0 saturated carbocycles. The molecular weight excluding hydrogens is 629 g/mol. The topological polar surface area (TPSA) is 6.48 Å². The van der Waals surface area contributed by atoms with Crippen molar-refractivity contribution in [3.8, 4) is 55.6 Å². The standard InChI is InChI=1S/C50H34N2/c1-51-45-26-27-46-50-44(42-23-21-38(30-48(42)52(46)2)36-19-16-31-8-3-4-10-35(31)28-36)25-24-43(49(45)50)41-22-20-37(29-47(41)51)32-14-17-34(18-15-32)40-13-7-11-33-9-5-6-12-39(33)40/h3-30H,1-2H3. The maximum atomic E-state index is 2.39. The maximum Gasteiger partial charge on any atom is 0.0496 e. The van der Waals surface area contributed by atoms with E-state index in [4.69, 9.17) is 0 Å². The number of nitrogens with zero attached hydrogens (tertiary/aromatic N) is 2. The van der Waals surface area contributed by atoms with E-state index in [9.17, 15) is 0 Å². The average molecular weight is 663 g/mol. The van der Waals surface area contributed by atoms with Gasteiger partial charge in [-0.25, -0.2) is 0 Å². The number of benzene rings is 9. The van der Waals surface area contributed by atoms with Gasteiger partial charge in [0.15, 0.2) is 0 Å². The molecule has 2 aliphatic heterocycles. The zero-order chi connectivity index (χ0) is 34.5. The number of hydrogen-bond acceptors (Lipinski definition) is 2. The molecular formula is C50H34N2. The van der Waals surface area contributed by atoms with E-state index < -0.39 is 0 Å². The van der Waals surface area contributed by atoms with Gasteiger partial charge in [0.25, 0.3) is 0 Å². The smallest absolute Gasteiger partial charge is 0.0496 e. The minimum absolute atomic E-state index is 1.22. The summed E-state index contributed by atoms with van der Waals surface area (Å²) in [6.07, 6.45) is 0. The maximum absolute atomic E-state index is 2.39. The Morgan fingerprint density at radius 3 is 1.44 bits per heavy atom. The van der Waals surface area contributed by atoms with Gasteiger partial charge < -0.3 is 9.80 Å². The van der Waals surface area contributed by atoms with Crippen molar-refractivity contribution in [3.05, 3.63) is 170 Å². The average Bonchev–Trinajstić information content (AvgIpc) is 3.21. The van der Waals surface area contributed by atoms with Crippen LogP contribution < -0.4 is 9.80 Å². The molecule has 2 heteroatoms. The first-order chi connectivity index (χ1) is 25.6. The summed E-state index contributed by atoms with van der Waals surface area (Å²) < 4.78 is 0.